The Morgan fingerprint density at radius 2 is 2.19 bits per heavy atom. The van der Waals surface area contributed by atoms with Gasteiger partial charge < -0.3 is 10.2 Å². The van der Waals surface area contributed by atoms with E-state index in [1.165, 1.54) is 44.5 Å². The molecule has 3 heteroatoms. The molecule has 96 valence electrons. The van der Waals surface area contributed by atoms with Crippen molar-refractivity contribution < 1.29 is 0 Å². The molecule has 16 heavy (non-hydrogen) atoms. The Balaban J connectivity index is 2.49. The van der Waals surface area contributed by atoms with E-state index in [2.05, 4.69) is 37.4 Å². The fraction of sp³-hybridized carbons (Fsp3) is 1.00. The highest BCUT2D eigenvalue weighted by atomic mass is 32.2. The first-order valence-corrected chi connectivity index (χ1v) is 8.01. The lowest BCUT2D eigenvalue weighted by Gasteiger charge is -2.36. The van der Waals surface area contributed by atoms with Crippen molar-refractivity contribution in [3.05, 3.63) is 0 Å². The summed E-state index contributed by atoms with van der Waals surface area (Å²) in [5.41, 5.74) is 0.403. The molecule has 0 amide bonds. The van der Waals surface area contributed by atoms with Crippen molar-refractivity contribution in [3.63, 3.8) is 0 Å². The molecule has 0 radical (unpaired) electrons. The van der Waals surface area contributed by atoms with Crippen molar-refractivity contribution in [2.75, 3.05) is 32.1 Å². The zero-order chi connectivity index (χ0) is 12.0. The molecule has 2 atom stereocenters. The lowest BCUT2D eigenvalue weighted by Crippen LogP contribution is -2.51. The molecule has 1 heterocycles. The molecule has 1 rings (SSSR count). The molecule has 0 spiro atoms. The fourth-order valence-electron chi connectivity index (χ4n) is 2.77. The Bertz CT molecular complexity index is 190. The summed E-state index contributed by atoms with van der Waals surface area (Å²) >= 11 is 1.96. The molecule has 0 aliphatic carbocycles. The van der Waals surface area contributed by atoms with Gasteiger partial charge in [0.05, 0.1) is 0 Å². The average molecular weight is 244 g/mol. The first-order valence-electron chi connectivity index (χ1n) is 6.61. The topological polar surface area (TPSA) is 15.3 Å². The van der Waals surface area contributed by atoms with Crippen LogP contribution in [0.1, 0.15) is 39.5 Å². The van der Waals surface area contributed by atoms with Gasteiger partial charge in [0.15, 0.2) is 0 Å². The monoisotopic (exact) mass is 244 g/mol. The minimum Gasteiger partial charge on any atom is -0.310 e. The first kappa shape index (κ1) is 14.3. The van der Waals surface area contributed by atoms with Crippen molar-refractivity contribution in [1.82, 2.24) is 10.2 Å². The van der Waals surface area contributed by atoms with Crippen LogP contribution in [0.2, 0.25) is 0 Å². The summed E-state index contributed by atoms with van der Waals surface area (Å²) in [6, 6.07) is 0.737. The van der Waals surface area contributed by atoms with Crippen molar-refractivity contribution in [3.8, 4) is 0 Å². The van der Waals surface area contributed by atoms with Crippen LogP contribution in [0.25, 0.3) is 0 Å². The summed E-state index contributed by atoms with van der Waals surface area (Å²) in [5, 5.41) is 3.72. The summed E-state index contributed by atoms with van der Waals surface area (Å²) in [5.74, 6) is 1.26. The second-order valence-electron chi connectivity index (χ2n) is 5.10. The first-order chi connectivity index (χ1) is 7.67. The zero-order valence-electron chi connectivity index (χ0n) is 11.4. The molecular formula is C13H28N2S. The van der Waals surface area contributed by atoms with E-state index in [9.17, 15) is 0 Å². The van der Waals surface area contributed by atoms with Gasteiger partial charge >= 0.3 is 0 Å². The molecule has 1 aliphatic heterocycles. The van der Waals surface area contributed by atoms with Crippen LogP contribution in [0.15, 0.2) is 0 Å². The van der Waals surface area contributed by atoms with E-state index in [1.54, 1.807) is 0 Å². The van der Waals surface area contributed by atoms with Gasteiger partial charge in [-0.2, -0.15) is 11.8 Å². The van der Waals surface area contributed by atoms with Crippen LogP contribution in [0.3, 0.4) is 0 Å². The molecule has 1 N–H and O–H groups in total. The highest BCUT2D eigenvalue weighted by molar-refractivity contribution is 7.98. The molecule has 0 aromatic carbocycles. The predicted molar refractivity (Wildman–Crippen MR) is 75.3 cm³/mol. The summed E-state index contributed by atoms with van der Waals surface area (Å²) in [6.45, 7) is 7.04. The standard InChI is InChI=1S/C13H28N2S/c1-5-12(10-16-4)15(3)11-13(6-2)8-7-9-14-13/h12,14H,5-11H2,1-4H3. The molecule has 1 fully saturated rings. The highest BCUT2D eigenvalue weighted by Crippen LogP contribution is 2.25. The maximum Gasteiger partial charge on any atom is 0.0306 e. The van der Waals surface area contributed by atoms with Crippen LogP contribution in [-0.4, -0.2) is 48.6 Å². The predicted octanol–water partition coefficient (Wildman–Crippen LogP) is 2.59. The van der Waals surface area contributed by atoms with Crippen LogP contribution >= 0.6 is 11.8 Å². The van der Waals surface area contributed by atoms with Gasteiger partial charge in [0.2, 0.25) is 0 Å². The van der Waals surface area contributed by atoms with E-state index in [-0.39, 0.29) is 0 Å². The Morgan fingerprint density at radius 1 is 1.44 bits per heavy atom. The molecule has 0 aromatic heterocycles. The Kier molecular flexibility index (Phi) is 6.16. The molecule has 0 saturated carbocycles. The number of likely N-dealkylation sites (N-methyl/N-ethyl adjacent to an activating group) is 1. The minimum atomic E-state index is 0.403. The molecular weight excluding hydrogens is 216 g/mol. The Labute approximate surface area is 106 Å². The van der Waals surface area contributed by atoms with Gasteiger partial charge in [-0.3, -0.25) is 0 Å². The van der Waals surface area contributed by atoms with Gasteiger partial charge in [0, 0.05) is 23.9 Å². The van der Waals surface area contributed by atoms with E-state index < -0.39 is 0 Å². The average Bonchev–Trinajstić information content (AvgIpc) is 2.75. The molecule has 0 aromatic rings. The van der Waals surface area contributed by atoms with Crippen LogP contribution in [0.4, 0.5) is 0 Å². The zero-order valence-corrected chi connectivity index (χ0v) is 12.2. The van der Waals surface area contributed by atoms with E-state index >= 15 is 0 Å². The van der Waals surface area contributed by atoms with E-state index in [0.29, 0.717) is 5.54 Å². The maximum absolute atomic E-state index is 3.72. The largest absolute Gasteiger partial charge is 0.310 e. The van der Waals surface area contributed by atoms with Crippen molar-refractivity contribution >= 4 is 11.8 Å². The van der Waals surface area contributed by atoms with Crippen LogP contribution in [0, 0.1) is 0 Å². The van der Waals surface area contributed by atoms with Gasteiger partial charge in [0.25, 0.3) is 0 Å². The number of rotatable bonds is 7. The van der Waals surface area contributed by atoms with E-state index in [4.69, 9.17) is 0 Å². The molecule has 1 saturated heterocycles. The van der Waals surface area contributed by atoms with Crippen molar-refractivity contribution in [2.45, 2.75) is 51.1 Å². The number of nitrogens with one attached hydrogen (secondary N) is 1. The minimum absolute atomic E-state index is 0.403. The number of thioether (sulfide) groups is 1. The number of nitrogens with zero attached hydrogens (tertiary/aromatic N) is 1. The summed E-state index contributed by atoms with van der Waals surface area (Å²) in [6.07, 6.45) is 7.43. The smallest absolute Gasteiger partial charge is 0.0306 e. The van der Waals surface area contributed by atoms with Gasteiger partial charge in [-0.1, -0.05) is 13.8 Å². The highest BCUT2D eigenvalue weighted by Gasteiger charge is 2.33. The lowest BCUT2D eigenvalue weighted by molar-refractivity contribution is 0.178. The Hall–Kier alpha value is 0.270. The van der Waals surface area contributed by atoms with Crippen LogP contribution in [-0.2, 0) is 0 Å². The lowest BCUT2D eigenvalue weighted by atomic mass is 9.93. The van der Waals surface area contributed by atoms with Gasteiger partial charge in [-0.15, -0.1) is 0 Å². The third-order valence-electron chi connectivity index (χ3n) is 4.01. The third kappa shape index (κ3) is 3.64. The maximum atomic E-state index is 3.72. The van der Waals surface area contributed by atoms with Crippen LogP contribution < -0.4 is 5.32 Å². The molecule has 0 bridgehead atoms. The van der Waals surface area contributed by atoms with Crippen molar-refractivity contribution in [2.24, 2.45) is 0 Å². The van der Waals surface area contributed by atoms with Crippen molar-refractivity contribution in [1.29, 1.82) is 0 Å². The summed E-state index contributed by atoms with van der Waals surface area (Å²) in [4.78, 5) is 2.57. The van der Waals surface area contributed by atoms with Crippen LogP contribution in [0.5, 0.6) is 0 Å². The molecule has 2 nitrogen and oxygen atoms in total. The second-order valence-corrected chi connectivity index (χ2v) is 6.01. The quantitative estimate of drug-likeness (QED) is 0.741. The Morgan fingerprint density at radius 3 is 2.62 bits per heavy atom. The van der Waals surface area contributed by atoms with Gasteiger partial charge in [-0.05, 0) is 45.5 Å². The molecule has 1 aliphatic rings. The van der Waals surface area contributed by atoms with Gasteiger partial charge in [-0.25, -0.2) is 0 Å². The summed E-state index contributed by atoms with van der Waals surface area (Å²) < 4.78 is 0. The van der Waals surface area contributed by atoms with Gasteiger partial charge in [0.1, 0.15) is 0 Å². The SMILES string of the molecule is CCC(CSC)N(C)CC1(CC)CCCN1. The second kappa shape index (κ2) is 6.87. The molecule has 2 unspecified atom stereocenters. The third-order valence-corrected chi connectivity index (χ3v) is 4.73. The normalized spacial score (nSPS) is 27.6. The number of hydrogen-bond acceptors (Lipinski definition) is 3. The fourth-order valence-corrected chi connectivity index (χ4v) is 3.65. The summed E-state index contributed by atoms with van der Waals surface area (Å²) in [7, 11) is 2.29. The number of hydrogen-bond donors (Lipinski definition) is 1. The van der Waals surface area contributed by atoms with E-state index in [0.717, 1.165) is 6.04 Å². The van der Waals surface area contributed by atoms with E-state index in [1.807, 2.05) is 11.8 Å².